The van der Waals surface area contributed by atoms with Crippen LogP contribution in [0.25, 0.3) is 0 Å². The van der Waals surface area contributed by atoms with Crippen LogP contribution in [0.1, 0.15) is 26.2 Å². The molecule has 1 heterocycles. The van der Waals surface area contributed by atoms with Gasteiger partial charge in [-0.2, -0.15) is 0 Å². The fourth-order valence-electron chi connectivity index (χ4n) is 3.17. The maximum atomic E-state index is 5.41. The summed E-state index contributed by atoms with van der Waals surface area (Å²) in [7, 11) is 0. The number of oxime groups is 1. The Kier molecular flexibility index (Phi) is 0.984. The Bertz CT molecular complexity index is 224. The van der Waals surface area contributed by atoms with Gasteiger partial charge in [0.05, 0.1) is 5.71 Å². The molecule has 2 saturated carbocycles. The van der Waals surface area contributed by atoms with E-state index in [9.17, 15) is 0 Å². The van der Waals surface area contributed by atoms with Crippen LogP contribution in [0.5, 0.6) is 0 Å². The summed E-state index contributed by atoms with van der Waals surface area (Å²) in [6.07, 6.45) is 4.69. The number of hydrogen-bond donors (Lipinski definition) is 0. The van der Waals surface area contributed by atoms with Crippen molar-refractivity contribution in [2.45, 2.75) is 32.3 Å². The summed E-state index contributed by atoms with van der Waals surface area (Å²) in [6, 6.07) is 0. The van der Waals surface area contributed by atoms with E-state index in [1.54, 1.807) is 0 Å². The van der Waals surface area contributed by atoms with Crippen LogP contribution < -0.4 is 0 Å². The second-order valence-corrected chi connectivity index (χ2v) is 4.16. The Morgan fingerprint density at radius 3 is 3.00 bits per heavy atom. The second-order valence-electron chi connectivity index (χ2n) is 4.16. The molecule has 0 radical (unpaired) electrons. The van der Waals surface area contributed by atoms with Crippen molar-refractivity contribution in [3.05, 3.63) is 0 Å². The Labute approximate surface area is 66.6 Å². The first-order valence-electron chi connectivity index (χ1n) is 4.56. The van der Waals surface area contributed by atoms with Crippen molar-refractivity contribution in [1.82, 2.24) is 0 Å². The van der Waals surface area contributed by atoms with E-state index in [1.807, 2.05) is 0 Å². The van der Waals surface area contributed by atoms with E-state index in [2.05, 4.69) is 12.1 Å². The Balaban J connectivity index is 1.96. The molecule has 2 fully saturated rings. The molecule has 0 unspecified atom stereocenters. The van der Waals surface area contributed by atoms with Gasteiger partial charge in [-0.3, -0.25) is 0 Å². The average Bonchev–Trinajstić information content (AvgIpc) is 2.60. The summed E-state index contributed by atoms with van der Waals surface area (Å²) in [5.74, 6) is 2.45. The molecule has 2 aliphatic carbocycles. The monoisotopic (exact) mass is 151 g/mol. The minimum atomic E-state index is 0.480. The van der Waals surface area contributed by atoms with E-state index >= 15 is 0 Å². The largest absolute Gasteiger partial charge is 0.392 e. The van der Waals surface area contributed by atoms with Gasteiger partial charge < -0.3 is 4.84 Å². The highest BCUT2D eigenvalue weighted by molar-refractivity contribution is 5.86. The molecular formula is C9H13NO. The van der Waals surface area contributed by atoms with Gasteiger partial charge in [-0.25, -0.2) is 0 Å². The molecule has 0 aromatic heterocycles. The lowest BCUT2D eigenvalue weighted by Gasteiger charge is -2.21. The second kappa shape index (κ2) is 1.79. The van der Waals surface area contributed by atoms with Crippen LogP contribution in [-0.2, 0) is 4.84 Å². The summed E-state index contributed by atoms with van der Waals surface area (Å²) in [6.45, 7) is 2.12. The van der Waals surface area contributed by atoms with E-state index in [0.29, 0.717) is 12.0 Å². The average molecular weight is 151 g/mol. The summed E-state index contributed by atoms with van der Waals surface area (Å²) < 4.78 is 0. The molecule has 0 amide bonds. The van der Waals surface area contributed by atoms with Gasteiger partial charge >= 0.3 is 0 Å². The third-order valence-electron chi connectivity index (χ3n) is 3.64. The van der Waals surface area contributed by atoms with E-state index in [4.69, 9.17) is 4.84 Å². The standard InChI is InChI=1S/C9H13NO/c1-5-8-6-2-3-7(4-6)9(8)11-10-5/h6-9H,2-4H2,1H3/t6-,7-,8+,9-/m0/s1. The fraction of sp³-hybridized carbons (Fsp3) is 0.889. The first kappa shape index (κ1) is 6.04. The zero-order valence-electron chi connectivity index (χ0n) is 6.79. The van der Waals surface area contributed by atoms with Gasteiger partial charge in [0.25, 0.3) is 0 Å². The number of fused-ring (bicyclic) bond motifs is 5. The maximum absolute atomic E-state index is 5.41. The molecule has 0 spiro atoms. The molecule has 2 nitrogen and oxygen atoms in total. The van der Waals surface area contributed by atoms with E-state index < -0.39 is 0 Å². The van der Waals surface area contributed by atoms with Crippen molar-refractivity contribution in [2.75, 3.05) is 0 Å². The molecule has 3 aliphatic rings. The van der Waals surface area contributed by atoms with E-state index in [1.165, 1.54) is 25.0 Å². The van der Waals surface area contributed by atoms with Crippen molar-refractivity contribution in [3.63, 3.8) is 0 Å². The van der Waals surface area contributed by atoms with Crippen molar-refractivity contribution in [1.29, 1.82) is 0 Å². The smallest absolute Gasteiger partial charge is 0.138 e. The summed E-state index contributed by atoms with van der Waals surface area (Å²) in [5.41, 5.74) is 1.25. The van der Waals surface area contributed by atoms with Gasteiger partial charge in [-0.15, -0.1) is 0 Å². The lowest BCUT2D eigenvalue weighted by Crippen LogP contribution is -2.28. The van der Waals surface area contributed by atoms with E-state index in [0.717, 1.165) is 11.8 Å². The lowest BCUT2D eigenvalue weighted by molar-refractivity contribution is 0.0275. The van der Waals surface area contributed by atoms with E-state index in [-0.39, 0.29) is 0 Å². The van der Waals surface area contributed by atoms with Crippen LogP contribution in [0.2, 0.25) is 0 Å². The third kappa shape index (κ3) is 0.608. The van der Waals surface area contributed by atoms with Gasteiger partial charge in [-0.05, 0) is 38.0 Å². The van der Waals surface area contributed by atoms with Crippen molar-refractivity contribution >= 4 is 5.71 Å². The minimum absolute atomic E-state index is 0.480. The van der Waals surface area contributed by atoms with Gasteiger partial charge in [0.2, 0.25) is 0 Å². The van der Waals surface area contributed by atoms with Crippen LogP contribution in [0, 0.1) is 17.8 Å². The third-order valence-corrected chi connectivity index (χ3v) is 3.64. The molecule has 0 aromatic carbocycles. The molecule has 3 rings (SSSR count). The zero-order chi connectivity index (χ0) is 7.42. The highest BCUT2D eigenvalue weighted by Gasteiger charge is 2.52. The van der Waals surface area contributed by atoms with Gasteiger partial charge in [-0.1, -0.05) is 5.16 Å². The van der Waals surface area contributed by atoms with Gasteiger partial charge in [0.1, 0.15) is 6.10 Å². The van der Waals surface area contributed by atoms with Gasteiger partial charge in [0, 0.05) is 5.92 Å². The fourth-order valence-corrected chi connectivity index (χ4v) is 3.17. The normalized spacial score (nSPS) is 52.3. The van der Waals surface area contributed by atoms with Crippen molar-refractivity contribution in [2.24, 2.45) is 22.9 Å². The molecule has 0 aromatic rings. The molecule has 0 saturated heterocycles. The number of rotatable bonds is 0. The zero-order valence-corrected chi connectivity index (χ0v) is 6.79. The van der Waals surface area contributed by atoms with Crippen molar-refractivity contribution < 1.29 is 4.84 Å². The molecule has 4 atom stereocenters. The lowest BCUT2D eigenvalue weighted by atomic mass is 9.84. The van der Waals surface area contributed by atoms with Crippen LogP contribution in [0.15, 0.2) is 5.16 Å². The van der Waals surface area contributed by atoms with Crippen molar-refractivity contribution in [3.8, 4) is 0 Å². The molecule has 2 heteroatoms. The predicted molar refractivity (Wildman–Crippen MR) is 42.3 cm³/mol. The Hall–Kier alpha value is -0.530. The number of nitrogens with zero attached hydrogens (tertiary/aromatic N) is 1. The molecule has 1 aliphatic heterocycles. The summed E-state index contributed by atoms with van der Waals surface area (Å²) in [4.78, 5) is 5.41. The van der Waals surface area contributed by atoms with Crippen LogP contribution in [-0.4, -0.2) is 11.8 Å². The van der Waals surface area contributed by atoms with Crippen LogP contribution in [0.4, 0.5) is 0 Å². The summed E-state index contributed by atoms with van der Waals surface area (Å²) >= 11 is 0. The topological polar surface area (TPSA) is 21.6 Å². The Morgan fingerprint density at radius 2 is 2.18 bits per heavy atom. The summed E-state index contributed by atoms with van der Waals surface area (Å²) in [5, 5.41) is 4.08. The molecule has 0 N–H and O–H groups in total. The highest BCUT2D eigenvalue weighted by atomic mass is 16.6. The number of hydrogen-bond acceptors (Lipinski definition) is 2. The minimum Gasteiger partial charge on any atom is -0.392 e. The molecular weight excluding hydrogens is 138 g/mol. The van der Waals surface area contributed by atoms with Crippen LogP contribution in [0.3, 0.4) is 0 Å². The van der Waals surface area contributed by atoms with Crippen LogP contribution >= 0.6 is 0 Å². The first-order chi connectivity index (χ1) is 5.36. The molecule has 2 bridgehead atoms. The predicted octanol–water partition coefficient (Wildman–Crippen LogP) is 1.81. The molecule has 11 heavy (non-hydrogen) atoms. The first-order valence-corrected chi connectivity index (χ1v) is 4.56. The quantitative estimate of drug-likeness (QED) is 0.517. The molecule has 60 valence electrons. The SMILES string of the molecule is CC1=NO[C@H]2[C@H]3CC[C@@H](C3)[C@@H]12. The maximum Gasteiger partial charge on any atom is 0.138 e. The Morgan fingerprint density at radius 1 is 1.36 bits per heavy atom. The van der Waals surface area contributed by atoms with Gasteiger partial charge in [0.15, 0.2) is 0 Å². The highest BCUT2D eigenvalue weighted by Crippen LogP contribution is 2.52.